The van der Waals surface area contributed by atoms with Gasteiger partial charge in [0.1, 0.15) is 0 Å². The summed E-state index contributed by atoms with van der Waals surface area (Å²) < 4.78 is 28.0. The van der Waals surface area contributed by atoms with Crippen molar-refractivity contribution in [2.24, 2.45) is 5.92 Å². The number of hydrogen-bond donors (Lipinski definition) is 0. The Hall–Kier alpha value is -0.690. The van der Waals surface area contributed by atoms with E-state index in [4.69, 9.17) is 6.57 Å². The van der Waals surface area contributed by atoms with Gasteiger partial charge in [-0.15, -0.1) is 0 Å². The van der Waals surface area contributed by atoms with Gasteiger partial charge in [-0.25, -0.2) is 6.57 Å². The molecule has 0 unspecified atom stereocenters. The van der Waals surface area contributed by atoms with Gasteiger partial charge >= 0.3 is 6.61 Å². The van der Waals surface area contributed by atoms with Crippen LogP contribution in [0.1, 0.15) is 25.7 Å². The molecule has 0 spiro atoms. The van der Waals surface area contributed by atoms with Crippen LogP contribution in [0.2, 0.25) is 0 Å². The molecular weight excluding hydrogens is 176 g/mol. The molecule has 1 aliphatic carbocycles. The zero-order chi connectivity index (χ0) is 9.68. The summed E-state index contributed by atoms with van der Waals surface area (Å²) in [6.07, 6.45) is 2.75. The van der Waals surface area contributed by atoms with Crippen LogP contribution < -0.4 is 0 Å². The van der Waals surface area contributed by atoms with Crippen LogP contribution in [0.4, 0.5) is 8.78 Å². The van der Waals surface area contributed by atoms with Crippen molar-refractivity contribution >= 4 is 0 Å². The van der Waals surface area contributed by atoms with Crippen molar-refractivity contribution in [1.82, 2.24) is 0 Å². The first-order valence-corrected chi connectivity index (χ1v) is 4.49. The van der Waals surface area contributed by atoms with Gasteiger partial charge in [0, 0.05) is 5.92 Å². The third-order valence-corrected chi connectivity index (χ3v) is 2.44. The number of hydrogen-bond acceptors (Lipinski definition) is 1. The zero-order valence-electron chi connectivity index (χ0n) is 7.38. The first-order chi connectivity index (χ1) is 6.22. The lowest BCUT2D eigenvalue weighted by molar-refractivity contribution is -0.171. The maximum Gasteiger partial charge on any atom is 0.345 e. The highest BCUT2D eigenvalue weighted by Crippen LogP contribution is 2.27. The van der Waals surface area contributed by atoms with E-state index in [0.29, 0.717) is 25.3 Å². The third-order valence-electron chi connectivity index (χ3n) is 2.44. The second kappa shape index (κ2) is 5.13. The maximum atomic E-state index is 11.8. The van der Waals surface area contributed by atoms with Gasteiger partial charge in [0.15, 0.2) is 0 Å². The number of nitrogens with zero attached hydrogens (tertiary/aromatic N) is 1. The van der Waals surface area contributed by atoms with Gasteiger partial charge in [0.05, 0.1) is 6.10 Å². The zero-order valence-corrected chi connectivity index (χ0v) is 7.38. The van der Waals surface area contributed by atoms with Crippen LogP contribution in [-0.2, 0) is 4.74 Å². The van der Waals surface area contributed by atoms with Crippen LogP contribution in [0, 0.1) is 12.5 Å². The summed E-state index contributed by atoms with van der Waals surface area (Å²) >= 11 is 0. The topological polar surface area (TPSA) is 13.6 Å². The van der Waals surface area contributed by atoms with Gasteiger partial charge in [-0.3, -0.25) is 0 Å². The largest absolute Gasteiger partial charge is 0.345 e. The van der Waals surface area contributed by atoms with Crippen molar-refractivity contribution in [1.29, 1.82) is 0 Å². The van der Waals surface area contributed by atoms with E-state index < -0.39 is 6.61 Å². The molecule has 0 amide bonds. The molecule has 0 aromatic carbocycles. The highest BCUT2D eigenvalue weighted by atomic mass is 19.3. The van der Waals surface area contributed by atoms with Gasteiger partial charge in [-0.1, -0.05) is 0 Å². The van der Waals surface area contributed by atoms with Gasteiger partial charge in [-0.05, 0) is 25.7 Å². The summed E-state index contributed by atoms with van der Waals surface area (Å²) in [5, 5.41) is 0. The SMILES string of the molecule is [C-]#[N+]CC1CCC(OC(F)F)CC1. The molecular formula is C9H13F2NO. The average molecular weight is 189 g/mol. The molecule has 13 heavy (non-hydrogen) atoms. The second-order valence-corrected chi connectivity index (χ2v) is 3.38. The van der Waals surface area contributed by atoms with Crippen LogP contribution >= 0.6 is 0 Å². The quantitative estimate of drug-likeness (QED) is 0.622. The second-order valence-electron chi connectivity index (χ2n) is 3.38. The third kappa shape index (κ3) is 3.69. The van der Waals surface area contributed by atoms with Crippen molar-refractivity contribution in [3.05, 3.63) is 11.4 Å². The fourth-order valence-electron chi connectivity index (χ4n) is 1.73. The molecule has 0 bridgehead atoms. The Bertz CT molecular complexity index is 183. The van der Waals surface area contributed by atoms with Crippen molar-refractivity contribution in [3.63, 3.8) is 0 Å². The summed E-state index contributed by atoms with van der Waals surface area (Å²) in [5.74, 6) is 0.398. The summed E-state index contributed by atoms with van der Waals surface area (Å²) in [6.45, 7) is 4.55. The van der Waals surface area contributed by atoms with Crippen LogP contribution in [0.25, 0.3) is 4.85 Å². The molecule has 4 heteroatoms. The summed E-state index contributed by atoms with van der Waals surface area (Å²) in [5.41, 5.74) is 0. The van der Waals surface area contributed by atoms with E-state index in [2.05, 4.69) is 9.58 Å². The van der Waals surface area contributed by atoms with Gasteiger partial charge < -0.3 is 9.58 Å². The Morgan fingerprint density at radius 2 is 1.92 bits per heavy atom. The van der Waals surface area contributed by atoms with Crippen LogP contribution in [0.15, 0.2) is 0 Å². The predicted octanol–water partition coefficient (Wildman–Crippen LogP) is 2.70. The van der Waals surface area contributed by atoms with Crippen molar-refractivity contribution < 1.29 is 13.5 Å². The lowest BCUT2D eigenvalue weighted by Gasteiger charge is -2.25. The lowest BCUT2D eigenvalue weighted by Crippen LogP contribution is -2.24. The Morgan fingerprint density at radius 3 is 2.38 bits per heavy atom. The molecule has 1 fully saturated rings. The first kappa shape index (κ1) is 10.4. The minimum atomic E-state index is -2.65. The molecule has 0 radical (unpaired) electrons. The van der Waals surface area contributed by atoms with Crippen molar-refractivity contribution in [2.75, 3.05) is 6.54 Å². The highest BCUT2D eigenvalue weighted by molar-refractivity contribution is 4.77. The molecule has 0 saturated heterocycles. The lowest BCUT2D eigenvalue weighted by atomic mass is 9.87. The standard InChI is InChI=1S/C9H13F2NO/c1-12-6-7-2-4-8(5-3-7)13-9(10)11/h7-9H,2-6H2. The Kier molecular flexibility index (Phi) is 4.10. The molecule has 0 aliphatic heterocycles. The Balaban J connectivity index is 2.19. The van der Waals surface area contributed by atoms with E-state index in [-0.39, 0.29) is 6.10 Å². The molecule has 0 aromatic rings. The van der Waals surface area contributed by atoms with E-state index in [1.807, 2.05) is 0 Å². The number of ether oxygens (including phenoxy) is 1. The number of halogens is 2. The number of rotatable bonds is 3. The monoisotopic (exact) mass is 189 g/mol. The van der Waals surface area contributed by atoms with E-state index in [1.54, 1.807) is 0 Å². The van der Waals surface area contributed by atoms with Crippen LogP contribution in [-0.4, -0.2) is 19.3 Å². The molecule has 0 aromatic heterocycles. The minimum Gasteiger partial charge on any atom is -0.320 e. The fraction of sp³-hybridized carbons (Fsp3) is 0.889. The smallest absolute Gasteiger partial charge is 0.320 e. The average Bonchev–Trinajstić information content (AvgIpc) is 2.08. The van der Waals surface area contributed by atoms with E-state index in [9.17, 15) is 8.78 Å². The molecule has 1 aliphatic rings. The molecule has 74 valence electrons. The summed E-state index contributed by atoms with van der Waals surface area (Å²) in [7, 11) is 0. The predicted molar refractivity (Wildman–Crippen MR) is 44.3 cm³/mol. The molecule has 0 atom stereocenters. The van der Waals surface area contributed by atoms with Crippen LogP contribution in [0.3, 0.4) is 0 Å². The molecule has 2 nitrogen and oxygen atoms in total. The summed E-state index contributed by atoms with van der Waals surface area (Å²) in [4.78, 5) is 3.31. The van der Waals surface area contributed by atoms with Crippen molar-refractivity contribution in [2.45, 2.75) is 38.4 Å². The molecule has 1 rings (SSSR count). The Morgan fingerprint density at radius 1 is 1.31 bits per heavy atom. The fourth-order valence-corrected chi connectivity index (χ4v) is 1.73. The number of alkyl halides is 2. The highest BCUT2D eigenvalue weighted by Gasteiger charge is 2.25. The van der Waals surface area contributed by atoms with Gasteiger partial charge in [0.25, 0.3) is 0 Å². The van der Waals surface area contributed by atoms with Gasteiger partial charge in [-0.2, -0.15) is 8.78 Å². The molecule has 0 heterocycles. The Labute approximate surface area is 76.7 Å². The summed E-state index contributed by atoms with van der Waals surface area (Å²) in [6, 6.07) is 0. The van der Waals surface area contributed by atoms with Crippen LogP contribution in [0.5, 0.6) is 0 Å². The van der Waals surface area contributed by atoms with Gasteiger partial charge in [0.2, 0.25) is 6.54 Å². The minimum absolute atomic E-state index is 0.290. The first-order valence-electron chi connectivity index (χ1n) is 4.49. The van der Waals surface area contributed by atoms with E-state index in [0.717, 1.165) is 12.8 Å². The normalized spacial score (nSPS) is 28.8. The van der Waals surface area contributed by atoms with Crippen molar-refractivity contribution in [3.8, 4) is 0 Å². The molecule has 0 N–H and O–H groups in total. The maximum absolute atomic E-state index is 11.8. The van der Waals surface area contributed by atoms with E-state index >= 15 is 0 Å². The van der Waals surface area contributed by atoms with E-state index in [1.165, 1.54) is 0 Å². The molecule has 1 saturated carbocycles.